The van der Waals surface area contributed by atoms with E-state index in [-0.39, 0.29) is 11.4 Å². The SMILES string of the molecule is CCOc1ccc(NC(=O)N2CCSC2c2ccc(C(C)C)cc2)cc1. The van der Waals surface area contributed by atoms with Crippen LogP contribution in [0.1, 0.15) is 43.2 Å². The van der Waals surface area contributed by atoms with Crippen LogP contribution in [0.5, 0.6) is 5.75 Å². The normalized spacial score (nSPS) is 16.8. The first kappa shape index (κ1) is 18.6. The maximum absolute atomic E-state index is 12.8. The molecular formula is C21H26N2O2S. The molecule has 2 aromatic rings. The quantitative estimate of drug-likeness (QED) is 0.757. The average molecular weight is 371 g/mol. The van der Waals surface area contributed by atoms with Gasteiger partial charge in [-0.15, -0.1) is 11.8 Å². The lowest BCUT2D eigenvalue weighted by Gasteiger charge is -2.25. The van der Waals surface area contributed by atoms with E-state index in [0.29, 0.717) is 12.5 Å². The number of nitrogens with one attached hydrogen (secondary N) is 1. The number of hydrogen-bond acceptors (Lipinski definition) is 3. The highest BCUT2D eigenvalue weighted by molar-refractivity contribution is 7.99. The molecule has 5 heteroatoms. The van der Waals surface area contributed by atoms with Crippen molar-refractivity contribution in [3.05, 3.63) is 59.7 Å². The number of rotatable bonds is 5. The van der Waals surface area contributed by atoms with E-state index in [9.17, 15) is 4.79 Å². The van der Waals surface area contributed by atoms with Gasteiger partial charge in [-0.3, -0.25) is 0 Å². The van der Waals surface area contributed by atoms with Gasteiger partial charge in [0.1, 0.15) is 11.1 Å². The number of nitrogens with zero attached hydrogens (tertiary/aromatic N) is 1. The van der Waals surface area contributed by atoms with Gasteiger partial charge in [-0.1, -0.05) is 38.1 Å². The Kier molecular flexibility index (Phi) is 6.09. The van der Waals surface area contributed by atoms with Crippen molar-refractivity contribution < 1.29 is 9.53 Å². The average Bonchev–Trinajstić information content (AvgIpc) is 3.13. The van der Waals surface area contributed by atoms with Gasteiger partial charge in [0.05, 0.1) is 6.61 Å². The molecule has 1 unspecified atom stereocenters. The summed E-state index contributed by atoms with van der Waals surface area (Å²) in [5.41, 5.74) is 3.28. The van der Waals surface area contributed by atoms with Crippen molar-refractivity contribution in [3.8, 4) is 5.75 Å². The number of hydrogen-bond donors (Lipinski definition) is 1. The topological polar surface area (TPSA) is 41.6 Å². The zero-order valence-electron chi connectivity index (χ0n) is 15.6. The van der Waals surface area contributed by atoms with Crippen molar-refractivity contribution in [3.63, 3.8) is 0 Å². The summed E-state index contributed by atoms with van der Waals surface area (Å²) >= 11 is 1.81. The summed E-state index contributed by atoms with van der Waals surface area (Å²) < 4.78 is 5.44. The second kappa shape index (κ2) is 8.49. The highest BCUT2D eigenvalue weighted by Gasteiger charge is 2.30. The molecule has 1 heterocycles. The molecule has 2 aromatic carbocycles. The van der Waals surface area contributed by atoms with Crippen molar-refractivity contribution in [2.75, 3.05) is 24.2 Å². The number of urea groups is 1. The third-order valence-electron chi connectivity index (χ3n) is 4.46. The molecular weight excluding hydrogens is 344 g/mol. The van der Waals surface area contributed by atoms with Crippen LogP contribution in [0.25, 0.3) is 0 Å². The van der Waals surface area contributed by atoms with Crippen LogP contribution in [0.15, 0.2) is 48.5 Å². The van der Waals surface area contributed by atoms with Crippen LogP contribution < -0.4 is 10.1 Å². The lowest BCUT2D eigenvalue weighted by atomic mass is 10.0. The van der Waals surface area contributed by atoms with Crippen molar-refractivity contribution >= 4 is 23.5 Å². The first-order valence-electron chi connectivity index (χ1n) is 9.10. The lowest BCUT2D eigenvalue weighted by molar-refractivity contribution is 0.214. The van der Waals surface area contributed by atoms with Crippen LogP contribution >= 0.6 is 11.8 Å². The van der Waals surface area contributed by atoms with E-state index in [1.165, 1.54) is 11.1 Å². The highest BCUT2D eigenvalue weighted by atomic mass is 32.2. The molecule has 0 saturated carbocycles. The summed E-state index contributed by atoms with van der Waals surface area (Å²) in [6, 6.07) is 16.1. The number of benzene rings is 2. The minimum atomic E-state index is -0.0582. The fraction of sp³-hybridized carbons (Fsp3) is 0.381. The Morgan fingerprint density at radius 3 is 2.50 bits per heavy atom. The van der Waals surface area contributed by atoms with Crippen molar-refractivity contribution in [2.24, 2.45) is 0 Å². The predicted molar refractivity (Wildman–Crippen MR) is 109 cm³/mol. The molecule has 2 amide bonds. The Balaban J connectivity index is 1.67. The summed E-state index contributed by atoms with van der Waals surface area (Å²) in [5, 5.41) is 3.07. The number of carbonyl (C=O) groups excluding carboxylic acids is 1. The molecule has 26 heavy (non-hydrogen) atoms. The molecule has 0 spiro atoms. The van der Waals surface area contributed by atoms with Gasteiger partial charge < -0.3 is 15.0 Å². The number of amides is 2. The number of anilines is 1. The first-order valence-corrected chi connectivity index (χ1v) is 10.1. The van der Waals surface area contributed by atoms with E-state index >= 15 is 0 Å². The largest absolute Gasteiger partial charge is 0.494 e. The molecule has 1 N–H and O–H groups in total. The molecule has 0 aromatic heterocycles. The summed E-state index contributed by atoms with van der Waals surface area (Å²) in [7, 11) is 0. The van der Waals surface area contributed by atoms with Gasteiger partial charge in [-0.05, 0) is 48.2 Å². The van der Waals surface area contributed by atoms with Crippen molar-refractivity contribution in [1.29, 1.82) is 0 Å². The van der Waals surface area contributed by atoms with Gasteiger partial charge in [-0.25, -0.2) is 4.79 Å². The van der Waals surface area contributed by atoms with E-state index in [2.05, 4.69) is 43.4 Å². The predicted octanol–water partition coefficient (Wildman–Crippen LogP) is 5.49. The fourth-order valence-corrected chi connectivity index (χ4v) is 4.25. The van der Waals surface area contributed by atoms with Gasteiger partial charge in [-0.2, -0.15) is 0 Å². The van der Waals surface area contributed by atoms with Crippen LogP contribution in [0.3, 0.4) is 0 Å². The van der Waals surface area contributed by atoms with E-state index in [1.54, 1.807) is 0 Å². The van der Waals surface area contributed by atoms with Gasteiger partial charge in [0.2, 0.25) is 0 Å². The fourth-order valence-electron chi connectivity index (χ4n) is 3.00. The standard InChI is InChI=1S/C21H26N2O2S/c1-4-25-19-11-9-18(10-12-19)22-21(24)23-13-14-26-20(23)17-7-5-16(6-8-17)15(2)3/h5-12,15,20H,4,13-14H2,1-3H3,(H,22,24). The third kappa shape index (κ3) is 4.33. The zero-order valence-corrected chi connectivity index (χ0v) is 16.4. The number of carbonyl (C=O) groups is 1. The highest BCUT2D eigenvalue weighted by Crippen LogP contribution is 2.38. The van der Waals surface area contributed by atoms with Crippen molar-refractivity contribution in [1.82, 2.24) is 4.90 Å². The summed E-state index contributed by atoms with van der Waals surface area (Å²) in [5.74, 6) is 2.28. The van der Waals surface area contributed by atoms with E-state index in [4.69, 9.17) is 4.74 Å². The molecule has 0 radical (unpaired) electrons. The molecule has 3 rings (SSSR count). The van der Waals surface area contributed by atoms with E-state index in [1.807, 2.05) is 47.9 Å². The Bertz CT molecular complexity index is 729. The zero-order chi connectivity index (χ0) is 18.5. The molecule has 1 aliphatic rings. The maximum Gasteiger partial charge on any atom is 0.323 e. The Morgan fingerprint density at radius 2 is 1.88 bits per heavy atom. The molecule has 0 bridgehead atoms. The molecule has 0 aliphatic carbocycles. The number of ether oxygens (including phenoxy) is 1. The first-order chi connectivity index (χ1) is 12.6. The Hall–Kier alpha value is -2.14. The second-order valence-corrected chi connectivity index (χ2v) is 7.81. The van der Waals surface area contributed by atoms with E-state index < -0.39 is 0 Å². The molecule has 1 aliphatic heterocycles. The van der Waals surface area contributed by atoms with E-state index in [0.717, 1.165) is 23.7 Å². The maximum atomic E-state index is 12.8. The smallest absolute Gasteiger partial charge is 0.323 e. The molecule has 4 nitrogen and oxygen atoms in total. The molecule has 1 saturated heterocycles. The summed E-state index contributed by atoms with van der Waals surface area (Å²) in [4.78, 5) is 14.7. The summed E-state index contributed by atoms with van der Waals surface area (Å²) in [6.07, 6.45) is 0. The molecule has 1 fully saturated rings. The van der Waals surface area contributed by atoms with Crippen LogP contribution in [0.4, 0.5) is 10.5 Å². The Morgan fingerprint density at radius 1 is 1.19 bits per heavy atom. The minimum Gasteiger partial charge on any atom is -0.494 e. The van der Waals surface area contributed by atoms with Gasteiger partial charge >= 0.3 is 6.03 Å². The van der Waals surface area contributed by atoms with Gasteiger partial charge in [0.15, 0.2) is 0 Å². The third-order valence-corrected chi connectivity index (χ3v) is 5.72. The van der Waals surface area contributed by atoms with Gasteiger partial charge in [0.25, 0.3) is 0 Å². The monoisotopic (exact) mass is 370 g/mol. The van der Waals surface area contributed by atoms with Crippen LogP contribution in [0.2, 0.25) is 0 Å². The van der Waals surface area contributed by atoms with Gasteiger partial charge in [0, 0.05) is 18.0 Å². The molecule has 1 atom stereocenters. The van der Waals surface area contributed by atoms with Crippen LogP contribution in [-0.4, -0.2) is 29.8 Å². The van der Waals surface area contributed by atoms with Crippen molar-refractivity contribution in [2.45, 2.75) is 32.1 Å². The lowest BCUT2D eigenvalue weighted by Crippen LogP contribution is -2.34. The summed E-state index contributed by atoms with van der Waals surface area (Å²) in [6.45, 7) is 7.72. The Labute approximate surface area is 159 Å². The minimum absolute atomic E-state index is 0.0582. The molecule has 138 valence electrons. The second-order valence-electron chi connectivity index (χ2n) is 6.63. The van der Waals surface area contributed by atoms with Crippen LogP contribution in [-0.2, 0) is 0 Å². The van der Waals surface area contributed by atoms with Crippen LogP contribution in [0, 0.1) is 0 Å². The number of thioether (sulfide) groups is 1.